The van der Waals surface area contributed by atoms with Crippen LogP contribution < -0.4 is 4.74 Å². The van der Waals surface area contributed by atoms with Crippen LogP contribution in [0.3, 0.4) is 0 Å². The summed E-state index contributed by atoms with van der Waals surface area (Å²) in [6.45, 7) is 7.59. The average Bonchev–Trinajstić information content (AvgIpc) is 2.73. The smallest absolute Gasteiger partial charge is 0.305 e. The highest BCUT2D eigenvalue weighted by atomic mass is 16.5. The maximum atomic E-state index is 11.9. The highest BCUT2D eigenvalue weighted by Crippen LogP contribution is 2.14. The number of hydrogen-bond acceptors (Lipinski definition) is 5. The van der Waals surface area contributed by atoms with E-state index in [2.05, 4.69) is 23.8 Å². The van der Waals surface area contributed by atoms with E-state index in [1.54, 1.807) is 12.4 Å². The topological polar surface area (TPSA) is 61.3 Å². The molecule has 0 N–H and O–H groups in total. The van der Waals surface area contributed by atoms with E-state index in [9.17, 15) is 4.79 Å². The normalized spacial score (nSPS) is 12.0. The molecular weight excluding hydrogens is 364 g/mol. The number of aryl methyl sites for hydroxylation is 1. The second-order valence-corrected chi connectivity index (χ2v) is 7.99. The van der Waals surface area contributed by atoms with Gasteiger partial charge >= 0.3 is 5.97 Å². The number of carbonyl (C=O) groups is 1. The molecule has 5 heteroatoms. The fourth-order valence-corrected chi connectivity index (χ4v) is 3.26. The van der Waals surface area contributed by atoms with Crippen molar-refractivity contribution >= 4 is 5.97 Å². The Bertz CT molecular complexity index is 519. The molecule has 0 fully saturated rings. The van der Waals surface area contributed by atoms with Crippen LogP contribution in [0.4, 0.5) is 0 Å². The van der Waals surface area contributed by atoms with Crippen molar-refractivity contribution in [1.29, 1.82) is 0 Å². The van der Waals surface area contributed by atoms with Gasteiger partial charge in [0.05, 0.1) is 25.6 Å². The van der Waals surface area contributed by atoms with Crippen molar-refractivity contribution in [1.82, 2.24) is 9.97 Å². The Morgan fingerprint density at radius 1 is 0.931 bits per heavy atom. The van der Waals surface area contributed by atoms with Crippen LogP contribution in [0.15, 0.2) is 12.4 Å². The lowest BCUT2D eigenvalue weighted by Gasteiger charge is -2.14. The number of carbonyl (C=O) groups excluding carboxylic acids is 1. The molecule has 0 aromatic carbocycles. The highest BCUT2D eigenvalue weighted by Gasteiger charge is 2.09. The standard InChI is InChI=1S/C24H42N2O3/c1-4-6-15-22(5-2)20-29-24(27)16-13-11-9-7-8-10-12-14-17-28-23-18-25-21(3)26-19-23/h18-19,22H,4-17,20H2,1-3H3. The molecule has 0 aliphatic carbocycles. The van der Waals surface area contributed by atoms with E-state index >= 15 is 0 Å². The number of unbranched alkanes of at least 4 members (excludes halogenated alkanes) is 8. The van der Waals surface area contributed by atoms with Crippen LogP contribution >= 0.6 is 0 Å². The third kappa shape index (κ3) is 14.0. The maximum Gasteiger partial charge on any atom is 0.305 e. The van der Waals surface area contributed by atoms with Crippen molar-refractivity contribution in [3.8, 4) is 5.75 Å². The number of aromatic nitrogens is 2. The molecule has 0 bridgehead atoms. The fourth-order valence-electron chi connectivity index (χ4n) is 3.26. The van der Waals surface area contributed by atoms with Gasteiger partial charge in [-0.05, 0) is 32.1 Å². The summed E-state index contributed by atoms with van der Waals surface area (Å²) in [5, 5.41) is 0. The molecule has 0 saturated carbocycles. The third-order valence-electron chi connectivity index (χ3n) is 5.32. The molecule has 0 radical (unpaired) electrons. The van der Waals surface area contributed by atoms with Crippen LogP contribution in [0.5, 0.6) is 5.75 Å². The Labute approximate surface area is 178 Å². The van der Waals surface area contributed by atoms with E-state index < -0.39 is 0 Å². The van der Waals surface area contributed by atoms with Crippen molar-refractivity contribution in [2.75, 3.05) is 13.2 Å². The van der Waals surface area contributed by atoms with Crippen LogP contribution in [0.1, 0.15) is 103 Å². The number of rotatable bonds is 18. The molecule has 1 unspecified atom stereocenters. The van der Waals surface area contributed by atoms with Gasteiger partial charge in [0, 0.05) is 6.42 Å². The second-order valence-electron chi connectivity index (χ2n) is 7.99. The molecule has 1 rings (SSSR count). The van der Waals surface area contributed by atoms with E-state index in [1.165, 1.54) is 51.4 Å². The van der Waals surface area contributed by atoms with Gasteiger partial charge < -0.3 is 9.47 Å². The van der Waals surface area contributed by atoms with Gasteiger partial charge in [-0.3, -0.25) is 4.79 Å². The summed E-state index contributed by atoms with van der Waals surface area (Å²) >= 11 is 0. The van der Waals surface area contributed by atoms with Crippen LogP contribution in [-0.4, -0.2) is 29.2 Å². The first-order valence-corrected chi connectivity index (χ1v) is 11.7. The zero-order chi connectivity index (χ0) is 21.2. The van der Waals surface area contributed by atoms with Gasteiger partial charge in [-0.25, -0.2) is 9.97 Å². The molecule has 29 heavy (non-hydrogen) atoms. The van der Waals surface area contributed by atoms with Crippen molar-refractivity contribution in [3.05, 3.63) is 18.2 Å². The second kappa shape index (κ2) is 17.2. The molecule has 0 aliphatic heterocycles. The molecule has 0 saturated heterocycles. The van der Waals surface area contributed by atoms with Crippen molar-refractivity contribution < 1.29 is 14.3 Å². The zero-order valence-corrected chi connectivity index (χ0v) is 19.0. The Hall–Kier alpha value is -1.65. The highest BCUT2D eigenvalue weighted by molar-refractivity contribution is 5.69. The van der Waals surface area contributed by atoms with Gasteiger partial charge in [0.25, 0.3) is 0 Å². The Morgan fingerprint density at radius 3 is 2.17 bits per heavy atom. The largest absolute Gasteiger partial charge is 0.490 e. The fraction of sp³-hybridized carbons (Fsp3) is 0.792. The quantitative estimate of drug-likeness (QED) is 0.207. The lowest BCUT2D eigenvalue weighted by atomic mass is 10.0. The molecule has 1 aromatic rings. The first-order chi connectivity index (χ1) is 14.2. The van der Waals surface area contributed by atoms with Crippen molar-refractivity contribution in [3.63, 3.8) is 0 Å². The van der Waals surface area contributed by atoms with Crippen molar-refractivity contribution in [2.24, 2.45) is 5.92 Å². The summed E-state index contributed by atoms with van der Waals surface area (Å²) in [6.07, 6.45) is 18.0. The summed E-state index contributed by atoms with van der Waals surface area (Å²) in [7, 11) is 0. The van der Waals surface area contributed by atoms with Gasteiger partial charge in [0.2, 0.25) is 0 Å². The minimum absolute atomic E-state index is 0.0149. The molecule has 166 valence electrons. The third-order valence-corrected chi connectivity index (χ3v) is 5.32. The monoisotopic (exact) mass is 406 g/mol. The summed E-state index contributed by atoms with van der Waals surface area (Å²) in [5.74, 6) is 2.04. The lowest BCUT2D eigenvalue weighted by Crippen LogP contribution is -2.13. The van der Waals surface area contributed by atoms with E-state index in [-0.39, 0.29) is 5.97 Å². The molecule has 5 nitrogen and oxygen atoms in total. The minimum Gasteiger partial charge on any atom is -0.490 e. The Morgan fingerprint density at radius 2 is 1.55 bits per heavy atom. The summed E-state index contributed by atoms with van der Waals surface area (Å²) in [5.41, 5.74) is 0. The lowest BCUT2D eigenvalue weighted by molar-refractivity contribution is -0.145. The Balaban J connectivity index is 1.86. The molecule has 1 atom stereocenters. The van der Waals surface area contributed by atoms with Gasteiger partial charge in [-0.1, -0.05) is 71.6 Å². The van der Waals surface area contributed by atoms with Crippen LogP contribution in [-0.2, 0) is 9.53 Å². The summed E-state index contributed by atoms with van der Waals surface area (Å²) in [4.78, 5) is 20.1. The maximum absolute atomic E-state index is 11.9. The number of ether oxygens (including phenoxy) is 2. The number of esters is 1. The number of hydrogen-bond donors (Lipinski definition) is 0. The summed E-state index contributed by atoms with van der Waals surface area (Å²) < 4.78 is 11.1. The van der Waals surface area contributed by atoms with Gasteiger partial charge in [0.15, 0.2) is 5.75 Å². The van der Waals surface area contributed by atoms with Gasteiger partial charge in [-0.2, -0.15) is 0 Å². The van der Waals surface area contributed by atoms with E-state index in [0.717, 1.165) is 43.9 Å². The predicted octanol–water partition coefficient (Wildman–Crippen LogP) is 6.43. The van der Waals surface area contributed by atoms with Gasteiger partial charge in [-0.15, -0.1) is 0 Å². The molecular formula is C24H42N2O3. The SMILES string of the molecule is CCCCC(CC)COC(=O)CCCCCCCCCCOc1cnc(C)nc1. The zero-order valence-electron chi connectivity index (χ0n) is 19.0. The van der Waals surface area contributed by atoms with Gasteiger partial charge in [0.1, 0.15) is 5.82 Å². The van der Waals surface area contributed by atoms with E-state index in [4.69, 9.17) is 9.47 Å². The Kier molecular flexibility index (Phi) is 15.1. The van der Waals surface area contributed by atoms with E-state index in [0.29, 0.717) is 18.9 Å². The molecule has 0 aliphatic rings. The number of nitrogens with zero attached hydrogens (tertiary/aromatic N) is 2. The first kappa shape index (κ1) is 25.4. The van der Waals surface area contributed by atoms with E-state index in [1.807, 2.05) is 6.92 Å². The minimum atomic E-state index is -0.0149. The van der Waals surface area contributed by atoms with Crippen LogP contribution in [0, 0.1) is 12.8 Å². The average molecular weight is 407 g/mol. The molecule has 1 aromatic heterocycles. The summed E-state index contributed by atoms with van der Waals surface area (Å²) in [6, 6.07) is 0. The molecule has 0 spiro atoms. The molecule has 0 amide bonds. The van der Waals surface area contributed by atoms with Crippen LogP contribution in [0.2, 0.25) is 0 Å². The first-order valence-electron chi connectivity index (χ1n) is 11.7. The predicted molar refractivity (Wildman–Crippen MR) is 118 cm³/mol. The van der Waals surface area contributed by atoms with Crippen LogP contribution in [0.25, 0.3) is 0 Å². The van der Waals surface area contributed by atoms with Crippen molar-refractivity contribution in [2.45, 2.75) is 104 Å². The molecule has 1 heterocycles.